The van der Waals surface area contributed by atoms with Crippen LogP contribution in [0.25, 0.3) is 97.9 Å². The monoisotopic (exact) mass is 926 g/mol. The third-order valence-electron chi connectivity index (χ3n) is 14.3. The van der Waals surface area contributed by atoms with Crippen LogP contribution < -0.4 is 20.7 Å². The number of aromatic nitrogens is 4. The lowest BCUT2D eigenvalue weighted by atomic mass is 10.1. The summed E-state index contributed by atoms with van der Waals surface area (Å²) in [5, 5.41) is 12.6. The Hall–Kier alpha value is -8.68. The van der Waals surface area contributed by atoms with Crippen LogP contribution in [-0.4, -0.2) is 27.2 Å². The zero-order valence-corrected chi connectivity index (χ0v) is 39.8. The predicted molar refractivity (Wildman–Crippen MR) is 298 cm³/mol. The van der Waals surface area contributed by atoms with Crippen molar-refractivity contribution >= 4 is 104 Å². The van der Waals surface area contributed by atoms with Crippen molar-refractivity contribution in [3.8, 4) is 34.2 Å². The number of nitrogens with zero attached hydrogens (tertiary/aromatic N) is 4. The van der Waals surface area contributed by atoms with E-state index in [4.69, 9.17) is 9.97 Å². The van der Waals surface area contributed by atoms with Gasteiger partial charge in [-0.1, -0.05) is 200 Å². The van der Waals surface area contributed by atoms with Gasteiger partial charge in [-0.25, -0.2) is 9.97 Å². The molecular weight excluding hydrogens is 885 g/mol. The number of thiophene rings is 1. The van der Waals surface area contributed by atoms with Gasteiger partial charge in [0.1, 0.15) is 5.82 Å². The molecule has 0 radical (unpaired) electrons. The number of benzene rings is 10. The van der Waals surface area contributed by atoms with Gasteiger partial charge in [0.15, 0.2) is 13.9 Å². The Balaban J connectivity index is 1.01. The van der Waals surface area contributed by atoms with Gasteiger partial charge in [-0.2, -0.15) is 0 Å². The molecule has 0 fully saturated rings. The Bertz CT molecular complexity index is 4160. The normalized spacial score (nSPS) is 12.0. The number of hydrogen-bond acceptors (Lipinski definition) is 3. The number of fused-ring (bicyclic) bond motifs is 9. The lowest BCUT2D eigenvalue weighted by molar-refractivity contribution is 1.05. The highest BCUT2D eigenvalue weighted by Crippen LogP contribution is 2.39. The van der Waals surface area contributed by atoms with Crippen LogP contribution in [-0.2, 0) is 0 Å². The van der Waals surface area contributed by atoms with Crippen molar-refractivity contribution < 1.29 is 0 Å². The van der Waals surface area contributed by atoms with Gasteiger partial charge in [0, 0.05) is 64.6 Å². The van der Waals surface area contributed by atoms with E-state index in [0.29, 0.717) is 5.82 Å². The van der Waals surface area contributed by atoms with E-state index in [-0.39, 0.29) is 0 Å². The summed E-state index contributed by atoms with van der Waals surface area (Å²) in [5.74, 6) is 1.49. The molecule has 4 heterocycles. The fraction of sp³-hybridized carbons (Fsp3) is 0. The first-order valence-electron chi connectivity index (χ1n) is 23.8. The number of rotatable bonds is 8. The van der Waals surface area contributed by atoms with Crippen LogP contribution in [0, 0.1) is 0 Å². The molecule has 14 aromatic rings. The zero-order valence-electron chi connectivity index (χ0n) is 37.9. The van der Waals surface area contributed by atoms with E-state index in [1.54, 1.807) is 0 Å². The van der Waals surface area contributed by atoms with Crippen LogP contribution in [0.5, 0.6) is 0 Å². The fourth-order valence-electron chi connectivity index (χ4n) is 11.2. The molecule has 0 aliphatic heterocycles. The summed E-state index contributed by atoms with van der Waals surface area (Å²) in [6.45, 7) is 0. The highest BCUT2D eigenvalue weighted by molar-refractivity contribution is 7.25. The molecule has 0 unspecified atom stereocenters. The fourth-order valence-corrected chi connectivity index (χ4v) is 17.2. The minimum absolute atomic E-state index is 0.677. The molecule has 0 amide bonds. The Morgan fingerprint density at radius 1 is 0.314 bits per heavy atom. The van der Waals surface area contributed by atoms with Crippen LogP contribution in [0.4, 0.5) is 0 Å². The molecule has 0 aliphatic carbocycles. The molecule has 0 N–H and O–H groups in total. The summed E-state index contributed by atoms with van der Waals surface area (Å²) in [5.41, 5.74) is 8.56. The molecule has 70 heavy (non-hydrogen) atoms. The average Bonchev–Trinajstić information content (AvgIpc) is 4.09. The van der Waals surface area contributed by atoms with Crippen LogP contribution >= 0.6 is 11.3 Å². The molecular formula is C64H42N4SSi. The summed E-state index contributed by atoms with van der Waals surface area (Å²) in [6.07, 6.45) is 0. The lowest BCUT2D eigenvalue weighted by Crippen LogP contribution is -2.74. The summed E-state index contributed by atoms with van der Waals surface area (Å²) in [7, 11) is -2.85. The van der Waals surface area contributed by atoms with Gasteiger partial charge in [-0.3, -0.25) is 4.57 Å². The van der Waals surface area contributed by atoms with Gasteiger partial charge in [0.25, 0.3) is 0 Å². The third kappa shape index (κ3) is 6.27. The maximum atomic E-state index is 5.63. The molecule has 4 aromatic heterocycles. The molecule has 0 spiro atoms. The topological polar surface area (TPSA) is 35.6 Å². The van der Waals surface area contributed by atoms with Crippen molar-refractivity contribution in [1.29, 1.82) is 0 Å². The quantitative estimate of drug-likeness (QED) is 0.112. The van der Waals surface area contributed by atoms with Gasteiger partial charge in [0.05, 0.1) is 27.8 Å². The van der Waals surface area contributed by atoms with E-state index in [1.807, 2.05) is 11.3 Å². The van der Waals surface area contributed by atoms with Gasteiger partial charge in [-0.15, -0.1) is 11.3 Å². The zero-order chi connectivity index (χ0) is 46.2. The Labute approximate surface area is 409 Å². The van der Waals surface area contributed by atoms with E-state index in [9.17, 15) is 0 Å². The second-order valence-corrected chi connectivity index (χ2v) is 23.0. The van der Waals surface area contributed by atoms with E-state index >= 15 is 0 Å². The standard InChI is InChI=1S/C64H42N4SSi/c1-4-20-46(21-5-1)70(47-22-6-2-7-23-47,48-24-8-3-9-25-48)49-26-18-19-44(39-49)64-65-56(43-35-37-54-53-30-13-17-34-61(53)69-62(54)40-43)42-63(66-64)68-59-33-16-12-29-52(59)55-41-45(36-38-60(55)68)67-57-31-14-10-27-50(57)51-28-11-15-32-58(51)67/h1-42H. The summed E-state index contributed by atoms with van der Waals surface area (Å²) < 4.78 is 7.26. The molecule has 0 saturated heterocycles. The molecule has 0 atom stereocenters. The van der Waals surface area contributed by atoms with Crippen molar-refractivity contribution in [1.82, 2.24) is 19.1 Å². The summed E-state index contributed by atoms with van der Waals surface area (Å²) in [4.78, 5) is 11.2. The lowest BCUT2D eigenvalue weighted by Gasteiger charge is -2.34. The molecule has 10 aromatic carbocycles. The molecule has 0 bridgehead atoms. The van der Waals surface area contributed by atoms with E-state index in [2.05, 4.69) is 264 Å². The maximum Gasteiger partial charge on any atom is 0.179 e. The van der Waals surface area contributed by atoms with Crippen molar-refractivity contribution in [3.63, 3.8) is 0 Å². The smallest absolute Gasteiger partial charge is 0.179 e. The Kier molecular flexibility index (Phi) is 9.37. The van der Waals surface area contributed by atoms with E-state index in [0.717, 1.165) is 44.7 Å². The largest absolute Gasteiger partial charge is 0.309 e. The Morgan fingerprint density at radius 3 is 1.47 bits per heavy atom. The van der Waals surface area contributed by atoms with Crippen molar-refractivity contribution in [3.05, 3.63) is 255 Å². The predicted octanol–water partition coefficient (Wildman–Crippen LogP) is 13.8. The second-order valence-electron chi connectivity index (χ2n) is 18.1. The van der Waals surface area contributed by atoms with Crippen LogP contribution in [0.2, 0.25) is 0 Å². The molecule has 4 nitrogen and oxygen atoms in total. The van der Waals surface area contributed by atoms with Gasteiger partial charge < -0.3 is 4.57 Å². The van der Waals surface area contributed by atoms with Crippen molar-refractivity contribution in [2.75, 3.05) is 0 Å². The summed E-state index contributed by atoms with van der Waals surface area (Å²) >= 11 is 1.83. The first kappa shape index (κ1) is 40.4. The maximum absolute atomic E-state index is 5.63. The van der Waals surface area contributed by atoms with Gasteiger partial charge >= 0.3 is 0 Å². The van der Waals surface area contributed by atoms with E-state index in [1.165, 1.54) is 68.1 Å². The van der Waals surface area contributed by atoms with Gasteiger partial charge in [0.2, 0.25) is 0 Å². The van der Waals surface area contributed by atoms with E-state index < -0.39 is 8.07 Å². The average molecular weight is 927 g/mol. The number of hydrogen-bond donors (Lipinski definition) is 0. The van der Waals surface area contributed by atoms with Crippen molar-refractivity contribution in [2.24, 2.45) is 0 Å². The van der Waals surface area contributed by atoms with Crippen LogP contribution in [0.3, 0.4) is 0 Å². The minimum Gasteiger partial charge on any atom is -0.309 e. The first-order chi connectivity index (χ1) is 34.7. The molecule has 6 heteroatoms. The highest BCUT2D eigenvalue weighted by atomic mass is 32.1. The summed E-state index contributed by atoms with van der Waals surface area (Å²) in [6, 6.07) is 93.1. The van der Waals surface area contributed by atoms with Crippen LogP contribution in [0.15, 0.2) is 255 Å². The molecule has 328 valence electrons. The van der Waals surface area contributed by atoms with Crippen LogP contribution in [0.1, 0.15) is 0 Å². The second kappa shape index (κ2) is 16.2. The number of para-hydroxylation sites is 3. The first-order valence-corrected chi connectivity index (χ1v) is 26.6. The Morgan fingerprint density at radius 2 is 0.829 bits per heavy atom. The highest BCUT2D eigenvalue weighted by Gasteiger charge is 2.41. The van der Waals surface area contributed by atoms with Gasteiger partial charge in [-0.05, 0) is 69.3 Å². The molecule has 0 aliphatic rings. The minimum atomic E-state index is -2.85. The third-order valence-corrected chi connectivity index (χ3v) is 20.2. The molecule has 0 saturated carbocycles. The van der Waals surface area contributed by atoms with Crippen molar-refractivity contribution in [2.45, 2.75) is 0 Å². The molecule has 14 rings (SSSR count). The SMILES string of the molecule is c1ccc([Si](c2ccccc2)(c2ccccc2)c2cccc(-c3nc(-c4ccc5c(c4)sc4ccccc45)cc(-n4c5ccccc5c5cc(-n6c7ccccc7c7ccccc76)ccc54)n3)c2)cc1.